The Kier molecular flexibility index (Phi) is 23.1. The molecule has 0 aliphatic heterocycles. The van der Waals surface area contributed by atoms with Gasteiger partial charge in [-0.3, -0.25) is 43.2 Å². The summed E-state index contributed by atoms with van der Waals surface area (Å²) in [5.41, 5.74) is 6.15. The highest BCUT2D eigenvalue weighted by Gasteiger charge is 2.38. The van der Waals surface area contributed by atoms with E-state index in [1.165, 1.54) is 25.7 Å². The quantitative estimate of drug-likeness (QED) is 0.0498. The Morgan fingerprint density at radius 2 is 1.36 bits per heavy atom. The lowest BCUT2D eigenvalue weighted by atomic mass is 9.82. The number of hydrogen-bond acceptors (Lipinski definition) is 10. The average molecular weight is 1020 g/mol. The SMILES string of the molecule is CC(=O)N[C@@H](C)C(=O)N[C@@H](C)C(=O)N[C@@H](CC(N)=O)C(=O)N[C@@H](CCN(C(=O)CO)[C@@H](c1cc(-c2cc(F)ccc2F)cn1Cc1ccccc1)C(C)(C)C)C(=O)NCCCNC(=O)CNC(=O)C(C)C(C)C. The van der Waals surface area contributed by atoms with Crippen molar-refractivity contribution in [3.05, 3.63) is 83.7 Å². The van der Waals surface area contributed by atoms with Gasteiger partial charge in [0.05, 0.1) is 19.0 Å². The van der Waals surface area contributed by atoms with E-state index in [-0.39, 0.29) is 68.9 Å². The van der Waals surface area contributed by atoms with E-state index < -0.39 is 108 Å². The Balaban J connectivity index is 2.01. The van der Waals surface area contributed by atoms with Gasteiger partial charge in [0.15, 0.2) is 0 Å². The molecule has 0 spiro atoms. The summed E-state index contributed by atoms with van der Waals surface area (Å²) >= 11 is 0. The van der Waals surface area contributed by atoms with Crippen LogP contribution in [0.1, 0.15) is 98.9 Å². The molecule has 0 saturated carbocycles. The summed E-state index contributed by atoms with van der Waals surface area (Å²) in [6, 6.07) is 7.44. The lowest BCUT2D eigenvalue weighted by molar-refractivity contribution is -0.140. The highest BCUT2D eigenvalue weighted by molar-refractivity contribution is 5.97. The molecule has 1 heterocycles. The van der Waals surface area contributed by atoms with E-state index in [4.69, 9.17) is 5.73 Å². The topological polar surface area (TPSA) is 292 Å². The van der Waals surface area contributed by atoms with Crippen molar-refractivity contribution in [2.45, 2.75) is 118 Å². The lowest BCUT2D eigenvalue weighted by Gasteiger charge is -2.41. The Labute approximate surface area is 424 Å². The first-order valence-electron chi connectivity index (χ1n) is 24.1. The third kappa shape index (κ3) is 19.0. The molecule has 73 heavy (non-hydrogen) atoms. The third-order valence-electron chi connectivity index (χ3n) is 11.9. The largest absolute Gasteiger partial charge is 0.387 e. The maximum Gasteiger partial charge on any atom is 0.248 e. The van der Waals surface area contributed by atoms with Gasteiger partial charge < -0.3 is 57.5 Å². The summed E-state index contributed by atoms with van der Waals surface area (Å²) in [5, 5.41) is 28.1. The Morgan fingerprint density at radius 3 is 1.96 bits per heavy atom. The highest BCUT2D eigenvalue weighted by atomic mass is 19.1. The molecule has 400 valence electrons. The highest BCUT2D eigenvalue weighted by Crippen LogP contribution is 2.41. The Hall–Kier alpha value is -7.23. The predicted octanol–water partition coefficient (Wildman–Crippen LogP) is 1.68. The number of hydrogen-bond donors (Lipinski definition) is 9. The van der Waals surface area contributed by atoms with Crippen molar-refractivity contribution in [2.24, 2.45) is 23.0 Å². The molecule has 10 N–H and O–H groups in total. The van der Waals surface area contributed by atoms with Crippen LogP contribution in [0.4, 0.5) is 8.78 Å². The maximum absolute atomic E-state index is 15.4. The number of carbonyl (C=O) groups excluding carboxylic acids is 9. The molecule has 22 heteroatoms. The van der Waals surface area contributed by atoms with Crippen molar-refractivity contribution in [3.8, 4) is 11.1 Å². The molecule has 0 fully saturated rings. The molecule has 2 aromatic carbocycles. The molecule has 9 amide bonds. The minimum Gasteiger partial charge on any atom is -0.387 e. The number of amides is 9. The first-order valence-corrected chi connectivity index (χ1v) is 24.1. The molecule has 0 aliphatic rings. The molecule has 0 saturated heterocycles. The van der Waals surface area contributed by atoms with Gasteiger partial charge in [-0.05, 0) is 67.9 Å². The number of carbonyl (C=O) groups is 9. The van der Waals surface area contributed by atoms with Gasteiger partial charge in [-0.15, -0.1) is 0 Å². The fraction of sp³-hybridized carbons (Fsp3) is 0.510. The van der Waals surface area contributed by atoms with Crippen LogP contribution in [0, 0.1) is 28.9 Å². The van der Waals surface area contributed by atoms with Crippen LogP contribution >= 0.6 is 0 Å². The summed E-state index contributed by atoms with van der Waals surface area (Å²) < 4.78 is 31.7. The number of aliphatic hydroxyl groups excluding tert-OH is 1. The van der Waals surface area contributed by atoms with Gasteiger partial charge in [0.25, 0.3) is 0 Å². The molecule has 3 rings (SSSR count). The van der Waals surface area contributed by atoms with Gasteiger partial charge in [-0.1, -0.05) is 71.9 Å². The van der Waals surface area contributed by atoms with Gasteiger partial charge in [-0.2, -0.15) is 0 Å². The molecule has 6 atom stereocenters. The minimum absolute atomic E-state index is 0.0447. The van der Waals surface area contributed by atoms with Gasteiger partial charge in [0.2, 0.25) is 53.2 Å². The fourth-order valence-electron chi connectivity index (χ4n) is 7.74. The number of aromatic nitrogens is 1. The van der Waals surface area contributed by atoms with Crippen molar-refractivity contribution >= 4 is 53.2 Å². The van der Waals surface area contributed by atoms with Crippen LogP contribution in [0.5, 0.6) is 0 Å². The van der Waals surface area contributed by atoms with Crippen LogP contribution < -0.4 is 43.0 Å². The van der Waals surface area contributed by atoms with Crippen LogP contribution in [-0.2, 0) is 49.7 Å². The van der Waals surface area contributed by atoms with E-state index in [2.05, 4.69) is 37.2 Å². The molecule has 3 aromatic rings. The zero-order chi connectivity index (χ0) is 54.7. The smallest absolute Gasteiger partial charge is 0.248 e. The summed E-state index contributed by atoms with van der Waals surface area (Å²) in [5.74, 6) is -8.18. The number of nitrogens with zero attached hydrogens (tertiary/aromatic N) is 2. The molecule has 1 aromatic heterocycles. The number of aliphatic hydroxyl groups is 1. The molecule has 20 nitrogen and oxygen atoms in total. The zero-order valence-corrected chi connectivity index (χ0v) is 43.0. The van der Waals surface area contributed by atoms with E-state index in [0.717, 1.165) is 23.8 Å². The molecule has 1 unspecified atom stereocenters. The monoisotopic (exact) mass is 1020 g/mol. The first-order chi connectivity index (χ1) is 34.2. The van der Waals surface area contributed by atoms with Gasteiger partial charge in [-0.25, -0.2) is 8.78 Å². The summed E-state index contributed by atoms with van der Waals surface area (Å²) in [6.07, 6.45) is 0.731. The summed E-state index contributed by atoms with van der Waals surface area (Å²) in [6.45, 7) is 13.5. The van der Waals surface area contributed by atoms with Crippen molar-refractivity contribution < 1.29 is 57.0 Å². The molecule has 0 aliphatic carbocycles. The van der Waals surface area contributed by atoms with Crippen LogP contribution in [0.3, 0.4) is 0 Å². The number of nitrogens with one attached hydrogen (secondary N) is 7. The normalized spacial score (nSPS) is 13.8. The Bertz CT molecular complexity index is 2430. The van der Waals surface area contributed by atoms with E-state index in [1.807, 2.05) is 65.0 Å². The molecule has 0 radical (unpaired) electrons. The van der Waals surface area contributed by atoms with E-state index in [0.29, 0.717) is 11.3 Å². The number of nitrogens with two attached hydrogens (primary N) is 1. The number of rotatable bonds is 27. The summed E-state index contributed by atoms with van der Waals surface area (Å²) in [4.78, 5) is 118. The average Bonchev–Trinajstić information content (AvgIpc) is 3.72. The standard InChI is InChI=1S/C51H72F2N10O10/c1-29(2)30(3)46(69)57-25-43(67)55-19-13-20-56-49(72)39(60-50(73)40(24-42(54)66)61-48(71)32(5)59-47(70)31(4)58-33(6)65)18-21-63(44(68)28-64)45(51(7,8)9)41-22-35(37-23-36(52)16-17-38(37)53)27-62(41)26-34-14-11-10-12-15-34/h10-12,14-17,22-23,27,29-32,39-40,45,64H,13,18-21,24-26,28H2,1-9H3,(H2,54,66)(H,55,67)(H,56,72)(H,57,69)(H,58,65)(H,59,70)(H,60,73)(H,61,71)/t30?,31-,32-,39-,40-,45-/m0/s1. The number of primary amides is 1. The predicted molar refractivity (Wildman–Crippen MR) is 267 cm³/mol. The molecular formula is C51H72F2N10O10. The van der Waals surface area contributed by atoms with Gasteiger partial charge in [0.1, 0.15) is 42.4 Å². The fourth-order valence-corrected chi connectivity index (χ4v) is 7.74. The second-order valence-corrected chi connectivity index (χ2v) is 19.4. The van der Waals surface area contributed by atoms with Gasteiger partial charge >= 0.3 is 0 Å². The van der Waals surface area contributed by atoms with E-state index in [1.54, 1.807) is 23.8 Å². The first kappa shape index (κ1) is 60.1. The van der Waals surface area contributed by atoms with Crippen LogP contribution in [0.25, 0.3) is 11.1 Å². The minimum atomic E-state index is -1.69. The van der Waals surface area contributed by atoms with Crippen molar-refractivity contribution in [3.63, 3.8) is 0 Å². The maximum atomic E-state index is 15.4. The lowest BCUT2D eigenvalue weighted by Crippen LogP contribution is -2.58. The van der Waals surface area contributed by atoms with Crippen molar-refractivity contribution in [1.29, 1.82) is 0 Å². The second kappa shape index (κ2) is 28.1. The molecular weight excluding hydrogens is 951 g/mol. The van der Waals surface area contributed by atoms with Gasteiger partial charge in [0, 0.05) is 62.0 Å². The summed E-state index contributed by atoms with van der Waals surface area (Å²) in [7, 11) is 0. The number of halogens is 2. The van der Waals surface area contributed by atoms with Crippen molar-refractivity contribution in [2.75, 3.05) is 32.8 Å². The Morgan fingerprint density at radius 1 is 0.740 bits per heavy atom. The third-order valence-corrected chi connectivity index (χ3v) is 11.9. The van der Waals surface area contributed by atoms with Crippen LogP contribution in [0.15, 0.2) is 60.8 Å². The molecule has 0 bridgehead atoms. The van der Waals surface area contributed by atoms with Crippen LogP contribution in [0.2, 0.25) is 0 Å². The van der Waals surface area contributed by atoms with E-state index in [9.17, 15) is 52.6 Å². The number of benzene rings is 2. The van der Waals surface area contributed by atoms with E-state index >= 15 is 4.39 Å². The zero-order valence-electron chi connectivity index (χ0n) is 43.0. The second-order valence-electron chi connectivity index (χ2n) is 19.4. The van der Waals surface area contributed by atoms with Crippen LogP contribution in [-0.4, -0.2) is 125 Å². The van der Waals surface area contributed by atoms with Crippen molar-refractivity contribution in [1.82, 2.24) is 46.7 Å².